The fourth-order valence-electron chi connectivity index (χ4n) is 7.07. The van der Waals surface area contributed by atoms with Crippen LogP contribution in [0.4, 0.5) is 0 Å². The molecule has 53 heavy (non-hydrogen) atoms. The number of hydrogen-bond acceptors (Lipinski definition) is 4. The Balaban J connectivity index is 0.000000160. The lowest BCUT2D eigenvalue weighted by molar-refractivity contribution is -0.623. The SMILES string of the molecule is C[Si](c1ccccc1)(c1ccccc1)c1cccc2c[n+](-c3ccccc3)c(=O)oc12.O=c1oc2c(C3C=CC=C3)cccc2c[n+]1-c1ccccc1. The lowest BCUT2D eigenvalue weighted by Gasteiger charge is -2.29. The zero-order chi connectivity index (χ0) is 36.2. The molecular weight excluding hydrogens is 673 g/mol. The zero-order valence-electron chi connectivity index (χ0n) is 29.1. The highest BCUT2D eigenvalue weighted by atomic mass is 28.3. The van der Waals surface area contributed by atoms with E-state index in [1.165, 1.54) is 14.9 Å². The minimum atomic E-state index is -2.40. The smallest absolute Gasteiger partial charge is 0.371 e. The fraction of sp³-hybridized carbons (Fsp3) is 0.0435. The van der Waals surface area contributed by atoms with E-state index in [9.17, 15) is 9.59 Å². The van der Waals surface area contributed by atoms with Crippen LogP contribution in [0.5, 0.6) is 0 Å². The highest BCUT2D eigenvalue weighted by molar-refractivity contribution is 7.11. The molecular formula is C46H36N2O4Si+2. The molecule has 0 unspecified atom stereocenters. The number of allylic oxidation sites excluding steroid dienone is 4. The summed E-state index contributed by atoms with van der Waals surface area (Å²) in [5.41, 5.74) is 3.92. The highest BCUT2D eigenvalue weighted by Crippen LogP contribution is 2.28. The maximum atomic E-state index is 13.0. The lowest BCUT2D eigenvalue weighted by atomic mass is 9.99. The van der Waals surface area contributed by atoms with Gasteiger partial charge in [-0.1, -0.05) is 161 Å². The van der Waals surface area contributed by atoms with Crippen LogP contribution in [0.15, 0.2) is 213 Å². The molecule has 0 radical (unpaired) electrons. The van der Waals surface area contributed by atoms with Crippen molar-refractivity contribution in [3.63, 3.8) is 0 Å². The third-order valence-electron chi connectivity index (χ3n) is 9.85. The van der Waals surface area contributed by atoms with Gasteiger partial charge >= 0.3 is 11.5 Å². The molecule has 0 aliphatic heterocycles. The molecule has 6 aromatic carbocycles. The molecule has 0 bridgehead atoms. The van der Waals surface area contributed by atoms with Gasteiger partial charge in [0.2, 0.25) is 11.4 Å². The van der Waals surface area contributed by atoms with Crippen LogP contribution in [0.2, 0.25) is 6.55 Å². The predicted molar refractivity (Wildman–Crippen MR) is 212 cm³/mol. The average molecular weight is 709 g/mol. The van der Waals surface area contributed by atoms with Crippen molar-refractivity contribution < 1.29 is 18.0 Å². The van der Waals surface area contributed by atoms with E-state index in [0.29, 0.717) is 11.2 Å². The van der Waals surface area contributed by atoms with E-state index < -0.39 is 8.07 Å². The van der Waals surface area contributed by atoms with Crippen molar-refractivity contribution in [2.75, 3.05) is 0 Å². The second-order valence-electron chi connectivity index (χ2n) is 13.0. The summed E-state index contributed by atoms with van der Waals surface area (Å²) >= 11 is 0. The van der Waals surface area contributed by atoms with Crippen LogP contribution in [0.1, 0.15) is 11.5 Å². The van der Waals surface area contributed by atoms with E-state index in [0.717, 1.165) is 32.9 Å². The second kappa shape index (κ2) is 14.5. The third-order valence-corrected chi connectivity index (χ3v) is 14.3. The first-order chi connectivity index (χ1) is 26.0. The lowest BCUT2D eigenvalue weighted by Crippen LogP contribution is -2.65. The van der Waals surface area contributed by atoms with Gasteiger partial charge in [-0.25, -0.2) is 0 Å². The first-order valence-corrected chi connectivity index (χ1v) is 20.0. The van der Waals surface area contributed by atoms with Gasteiger partial charge in [0.05, 0.1) is 10.8 Å². The summed E-state index contributed by atoms with van der Waals surface area (Å²) in [4.78, 5) is 25.4. The molecule has 0 fully saturated rings. The first kappa shape index (κ1) is 33.4. The Morgan fingerprint density at radius 3 is 1.43 bits per heavy atom. The zero-order valence-corrected chi connectivity index (χ0v) is 30.1. The molecule has 7 heteroatoms. The van der Waals surface area contributed by atoms with E-state index in [-0.39, 0.29) is 17.4 Å². The Morgan fingerprint density at radius 2 is 0.925 bits per heavy atom. The molecule has 0 saturated heterocycles. The average Bonchev–Trinajstić information content (AvgIpc) is 3.76. The molecule has 0 atom stereocenters. The van der Waals surface area contributed by atoms with Crippen molar-refractivity contribution >= 4 is 45.6 Å². The molecule has 2 heterocycles. The molecule has 0 N–H and O–H groups in total. The minimum absolute atomic E-state index is 0.166. The maximum Gasteiger partial charge on any atom is 0.608 e. The maximum absolute atomic E-state index is 13.0. The van der Waals surface area contributed by atoms with Crippen LogP contribution in [0.3, 0.4) is 0 Å². The van der Waals surface area contributed by atoms with Gasteiger partial charge in [-0.05, 0) is 27.7 Å². The van der Waals surface area contributed by atoms with E-state index in [4.69, 9.17) is 8.83 Å². The van der Waals surface area contributed by atoms with Crippen molar-refractivity contribution in [2.45, 2.75) is 12.5 Å². The number of hydrogen-bond donors (Lipinski definition) is 0. The standard InChI is InChI=1S/C27H22NO2Si.C19H14NO2/c1-31(23-15-7-3-8-16-23,24-17-9-4-10-18-24)25-19-11-12-21-20-28(27(29)30-26(21)25)22-13-5-2-6-14-22;21-19-20(16-10-2-1-3-11-16)13-15-9-6-12-17(18(15)22-19)14-7-4-5-8-14/h2-20H,1H3;1-14H/q2*+1. The van der Waals surface area contributed by atoms with Crippen LogP contribution >= 0.6 is 0 Å². The molecule has 8 aromatic rings. The van der Waals surface area contributed by atoms with Gasteiger partial charge in [-0.2, -0.15) is 9.59 Å². The molecule has 9 rings (SSSR count). The van der Waals surface area contributed by atoms with Crippen molar-refractivity contribution in [1.82, 2.24) is 0 Å². The van der Waals surface area contributed by atoms with Crippen LogP contribution in [-0.2, 0) is 0 Å². The van der Waals surface area contributed by atoms with Crippen LogP contribution in [0.25, 0.3) is 33.3 Å². The van der Waals surface area contributed by atoms with E-state index in [1.807, 2.05) is 122 Å². The monoisotopic (exact) mass is 708 g/mol. The molecule has 0 saturated carbocycles. The van der Waals surface area contributed by atoms with Gasteiger partial charge in [0.15, 0.2) is 23.6 Å². The van der Waals surface area contributed by atoms with Gasteiger partial charge in [0.25, 0.3) is 0 Å². The van der Waals surface area contributed by atoms with Crippen molar-refractivity contribution in [3.05, 3.63) is 221 Å². The predicted octanol–water partition coefficient (Wildman–Crippen LogP) is 6.45. The Labute approximate surface area is 307 Å². The Kier molecular flexibility index (Phi) is 9.15. The molecule has 256 valence electrons. The summed E-state index contributed by atoms with van der Waals surface area (Å²) in [5.74, 6) is -0.597. The Bertz CT molecular complexity index is 2670. The van der Waals surface area contributed by atoms with E-state index in [2.05, 4.69) is 79.4 Å². The van der Waals surface area contributed by atoms with Gasteiger partial charge in [0, 0.05) is 35.7 Å². The van der Waals surface area contributed by atoms with Crippen molar-refractivity contribution in [2.24, 2.45) is 0 Å². The largest absolute Gasteiger partial charge is 0.608 e. The second-order valence-corrected chi connectivity index (χ2v) is 17.0. The molecule has 0 amide bonds. The summed E-state index contributed by atoms with van der Waals surface area (Å²) in [6.45, 7) is 2.32. The van der Waals surface area contributed by atoms with E-state index in [1.54, 1.807) is 4.57 Å². The van der Waals surface area contributed by atoms with Gasteiger partial charge in [0.1, 0.15) is 8.07 Å². The number of fused-ring (bicyclic) bond motifs is 2. The highest BCUT2D eigenvalue weighted by Gasteiger charge is 2.37. The number of aromatic nitrogens is 2. The Hall–Kier alpha value is -6.70. The van der Waals surface area contributed by atoms with Crippen molar-refractivity contribution in [3.8, 4) is 11.4 Å². The topological polar surface area (TPSA) is 68.2 Å². The van der Waals surface area contributed by atoms with Crippen LogP contribution in [-0.4, -0.2) is 8.07 Å². The van der Waals surface area contributed by atoms with E-state index >= 15 is 0 Å². The summed E-state index contributed by atoms with van der Waals surface area (Å²) < 4.78 is 14.7. The molecule has 1 aliphatic carbocycles. The summed E-state index contributed by atoms with van der Waals surface area (Å²) in [7, 11) is -2.40. The van der Waals surface area contributed by atoms with Crippen LogP contribution < -0.4 is 36.2 Å². The van der Waals surface area contributed by atoms with Gasteiger partial charge < -0.3 is 8.83 Å². The number of nitrogens with zero attached hydrogens (tertiary/aromatic N) is 2. The molecule has 6 nitrogen and oxygen atoms in total. The fourth-order valence-corrected chi connectivity index (χ4v) is 10.8. The van der Waals surface area contributed by atoms with Gasteiger partial charge in [-0.3, -0.25) is 0 Å². The molecule has 1 aliphatic rings. The summed E-state index contributed by atoms with van der Waals surface area (Å²) in [6.07, 6.45) is 11.9. The number of para-hydroxylation sites is 4. The normalized spacial score (nSPS) is 12.5. The number of rotatable bonds is 6. The molecule has 2 aromatic heterocycles. The molecule has 0 spiro atoms. The number of benzene rings is 6. The quantitative estimate of drug-likeness (QED) is 0.113. The van der Waals surface area contributed by atoms with Crippen molar-refractivity contribution in [1.29, 1.82) is 0 Å². The summed E-state index contributed by atoms with van der Waals surface area (Å²) in [6, 6.07) is 52.3. The minimum Gasteiger partial charge on any atom is -0.371 e. The van der Waals surface area contributed by atoms with Gasteiger partial charge in [-0.15, -0.1) is 0 Å². The van der Waals surface area contributed by atoms with Crippen LogP contribution in [0, 0.1) is 0 Å². The third kappa shape index (κ3) is 6.50. The first-order valence-electron chi connectivity index (χ1n) is 17.5. The Morgan fingerprint density at radius 1 is 0.491 bits per heavy atom. The summed E-state index contributed by atoms with van der Waals surface area (Å²) in [5, 5.41) is 5.47.